The van der Waals surface area contributed by atoms with E-state index in [0.717, 1.165) is 12.2 Å². The van der Waals surface area contributed by atoms with E-state index in [4.69, 9.17) is 11.6 Å². The van der Waals surface area contributed by atoms with Gasteiger partial charge in [0, 0.05) is 19.3 Å². The summed E-state index contributed by atoms with van der Waals surface area (Å²) < 4.78 is 0. The predicted octanol–water partition coefficient (Wildman–Crippen LogP) is 3.95. The van der Waals surface area contributed by atoms with Crippen LogP contribution in [0.5, 0.6) is 0 Å². The number of aromatic nitrogens is 2. The van der Waals surface area contributed by atoms with Gasteiger partial charge in [-0.2, -0.15) is 4.98 Å². The van der Waals surface area contributed by atoms with Crippen LogP contribution in [-0.2, 0) is 0 Å². The molecule has 1 heterocycles. The van der Waals surface area contributed by atoms with Gasteiger partial charge in [0.05, 0.1) is 6.20 Å². The van der Waals surface area contributed by atoms with Gasteiger partial charge in [-0.1, -0.05) is 17.7 Å². The van der Waals surface area contributed by atoms with Gasteiger partial charge in [-0.15, -0.1) is 0 Å². The molecule has 2 aromatic rings. The average Bonchev–Trinajstić information content (AvgIpc) is 2.39. The van der Waals surface area contributed by atoms with Crippen LogP contribution in [0.1, 0.15) is 18.1 Å². The molecule has 4 nitrogen and oxygen atoms in total. The van der Waals surface area contributed by atoms with Crippen LogP contribution in [0.4, 0.5) is 17.5 Å². The fraction of sp³-hybridized carbons (Fsp3) is 0.333. The Balaban J connectivity index is 2.41. The maximum atomic E-state index is 6.23. The third-order valence-electron chi connectivity index (χ3n) is 2.97. The first kappa shape index (κ1) is 14.6. The van der Waals surface area contributed by atoms with Crippen molar-refractivity contribution in [1.29, 1.82) is 0 Å². The summed E-state index contributed by atoms with van der Waals surface area (Å²) >= 11 is 6.23. The molecular formula is C15H19ClN4. The molecule has 0 bridgehead atoms. The molecule has 0 aliphatic carbocycles. The summed E-state index contributed by atoms with van der Waals surface area (Å²) in [6, 6.07) is 6.36. The van der Waals surface area contributed by atoms with Gasteiger partial charge >= 0.3 is 0 Å². The summed E-state index contributed by atoms with van der Waals surface area (Å²) in [4.78, 5) is 10.6. The van der Waals surface area contributed by atoms with Crippen LogP contribution in [0.25, 0.3) is 0 Å². The van der Waals surface area contributed by atoms with Crippen LogP contribution in [0, 0.1) is 13.8 Å². The first-order valence-electron chi connectivity index (χ1n) is 6.59. The number of hydrogen-bond acceptors (Lipinski definition) is 4. The molecule has 5 heteroatoms. The summed E-state index contributed by atoms with van der Waals surface area (Å²) in [7, 11) is 1.96. The Labute approximate surface area is 124 Å². The molecule has 0 fully saturated rings. The molecule has 0 atom stereocenters. The lowest BCUT2D eigenvalue weighted by Crippen LogP contribution is -2.14. The van der Waals surface area contributed by atoms with Gasteiger partial charge in [0.15, 0.2) is 5.82 Å². The molecule has 0 amide bonds. The Morgan fingerprint density at radius 2 is 1.85 bits per heavy atom. The van der Waals surface area contributed by atoms with Crippen molar-refractivity contribution in [3.05, 3.63) is 40.5 Å². The number of anilines is 3. The fourth-order valence-electron chi connectivity index (χ4n) is 2.10. The van der Waals surface area contributed by atoms with Crippen molar-refractivity contribution in [2.75, 3.05) is 23.8 Å². The van der Waals surface area contributed by atoms with Crippen molar-refractivity contribution in [2.24, 2.45) is 0 Å². The van der Waals surface area contributed by atoms with Gasteiger partial charge in [-0.25, -0.2) is 4.98 Å². The lowest BCUT2D eigenvalue weighted by atomic mass is 10.1. The lowest BCUT2D eigenvalue weighted by Gasteiger charge is -2.21. The quantitative estimate of drug-likeness (QED) is 0.926. The molecule has 0 saturated carbocycles. The topological polar surface area (TPSA) is 41.1 Å². The number of benzene rings is 1. The largest absolute Gasteiger partial charge is 0.354 e. The van der Waals surface area contributed by atoms with E-state index in [2.05, 4.69) is 47.3 Å². The maximum absolute atomic E-state index is 6.23. The number of halogens is 1. The summed E-state index contributed by atoms with van der Waals surface area (Å²) in [6.45, 7) is 6.94. The third kappa shape index (κ3) is 3.20. The highest BCUT2D eigenvalue weighted by Crippen LogP contribution is 2.30. The van der Waals surface area contributed by atoms with Crippen LogP contribution >= 0.6 is 11.6 Å². The highest BCUT2D eigenvalue weighted by atomic mass is 35.5. The van der Waals surface area contributed by atoms with E-state index >= 15 is 0 Å². The Kier molecular flexibility index (Phi) is 4.45. The number of nitrogens with zero attached hydrogens (tertiary/aromatic N) is 3. The molecule has 0 saturated heterocycles. The molecule has 1 aromatic carbocycles. The molecule has 0 aliphatic rings. The minimum Gasteiger partial charge on any atom is -0.354 e. The van der Waals surface area contributed by atoms with E-state index in [1.54, 1.807) is 6.20 Å². The minimum atomic E-state index is 0.535. The average molecular weight is 291 g/mol. The normalized spacial score (nSPS) is 10.4. The highest BCUT2D eigenvalue weighted by Gasteiger charge is 2.12. The summed E-state index contributed by atoms with van der Waals surface area (Å²) in [6.07, 6.45) is 1.63. The van der Waals surface area contributed by atoms with Crippen molar-refractivity contribution in [3.63, 3.8) is 0 Å². The molecule has 0 radical (unpaired) electrons. The smallest absolute Gasteiger partial charge is 0.224 e. The molecular weight excluding hydrogens is 272 g/mol. The van der Waals surface area contributed by atoms with Gasteiger partial charge in [-0.3, -0.25) is 0 Å². The molecule has 20 heavy (non-hydrogen) atoms. The monoisotopic (exact) mass is 290 g/mol. The first-order chi connectivity index (χ1) is 9.51. The van der Waals surface area contributed by atoms with Crippen molar-refractivity contribution >= 4 is 29.1 Å². The number of aryl methyl sites for hydroxylation is 2. The first-order valence-corrected chi connectivity index (χ1v) is 6.97. The maximum Gasteiger partial charge on any atom is 0.224 e. The van der Waals surface area contributed by atoms with Gasteiger partial charge < -0.3 is 10.2 Å². The van der Waals surface area contributed by atoms with Crippen LogP contribution < -0.4 is 10.2 Å². The van der Waals surface area contributed by atoms with Gasteiger partial charge in [0.2, 0.25) is 5.95 Å². The van der Waals surface area contributed by atoms with Gasteiger partial charge in [0.25, 0.3) is 0 Å². The van der Waals surface area contributed by atoms with Crippen molar-refractivity contribution in [1.82, 2.24) is 9.97 Å². The fourth-order valence-corrected chi connectivity index (χ4v) is 2.32. The lowest BCUT2D eigenvalue weighted by molar-refractivity contribution is 1.04. The summed E-state index contributed by atoms with van der Waals surface area (Å²) in [5.74, 6) is 1.28. The van der Waals surface area contributed by atoms with Crippen molar-refractivity contribution < 1.29 is 0 Å². The standard InChI is InChI=1S/C15H19ClN4/c1-5-17-15-18-9-13(16)14(19-15)20(4)12-7-10(2)6-11(3)8-12/h6-9H,5H2,1-4H3,(H,17,18,19). The Morgan fingerprint density at radius 1 is 1.20 bits per heavy atom. The second kappa shape index (κ2) is 6.09. The van der Waals surface area contributed by atoms with Crippen LogP contribution in [-0.4, -0.2) is 23.6 Å². The molecule has 106 valence electrons. The summed E-state index contributed by atoms with van der Waals surface area (Å²) in [5.41, 5.74) is 3.48. The zero-order valence-corrected chi connectivity index (χ0v) is 13.0. The van der Waals surface area contributed by atoms with E-state index in [1.807, 2.05) is 18.9 Å². The van der Waals surface area contributed by atoms with E-state index in [9.17, 15) is 0 Å². The zero-order chi connectivity index (χ0) is 14.7. The van der Waals surface area contributed by atoms with E-state index in [0.29, 0.717) is 16.8 Å². The van der Waals surface area contributed by atoms with Gasteiger partial charge in [0.1, 0.15) is 5.02 Å². The van der Waals surface area contributed by atoms with Crippen molar-refractivity contribution in [3.8, 4) is 0 Å². The van der Waals surface area contributed by atoms with E-state index in [-0.39, 0.29) is 0 Å². The third-order valence-corrected chi connectivity index (χ3v) is 3.24. The van der Waals surface area contributed by atoms with Crippen molar-refractivity contribution in [2.45, 2.75) is 20.8 Å². The second-order valence-corrected chi connectivity index (χ2v) is 5.21. The molecule has 1 aromatic heterocycles. The second-order valence-electron chi connectivity index (χ2n) is 4.80. The SMILES string of the molecule is CCNc1ncc(Cl)c(N(C)c2cc(C)cc(C)c2)n1. The van der Waals surface area contributed by atoms with Crippen LogP contribution in [0.3, 0.4) is 0 Å². The summed E-state index contributed by atoms with van der Waals surface area (Å²) in [5, 5.41) is 3.63. The molecule has 0 aliphatic heterocycles. The molecule has 2 rings (SSSR count). The minimum absolute atomic E-state index is 0.535. The van der Waals surface area contributed by atoms with E-state index in [1.165, 1.54) is 11.1 Å². The number of nitrogens with one attached hydrogen (secondary N) is 1. The predicted molar refractivity (Wildman–Crippen MR) is 85.2 cm³/mol. The number of rotatable bonds is 4. The van der Waals surface area contributed by atoms with E-state index < -0.39 is 0 Å². The number of hydrogen-bond donors (Lipinski definition) is 1. The Morgan fingerprint density at radius 3 is 2.45 bits per heavy atom. The zero-order valence-electron chi connectivity index (χ0n) is 12.2. The Bertz CT molecular complexity index is 593. The van der Waals surface area contributed by atoms with Gasteiger partial charge in [-0.05, 0) is 44.0 Å². The van der Waals surface area contributed by atoms with Crippen LogP contribution in [0.2, 0.25) is 5.02 Å². The molecule has 0 unspecified atom stereocenters. The molecule has 0 spiro atoms. The highest BCUT2D eigenvalue weighted by molar-refractivity contribution is 6.33. The Hall–Kier alpha value is -1.81. The van der Waals surface area contributed by atoms with Crippen LogP contribution in [0.15, 0.2) is 24.4 Å². The molecule has 1 N–H and O–H groups in total.